The summed E-state index contributed by atoms with van der Waals surface area (Å²) in [6.07, 6.45) is 0. The lowest BCUT2D eigenvalue weighted by Gasteiger charge is -2.21. The Bertz CT molecular complexity index is 389. The van der Waals surface area contributed by atoms with Crippen LogP contribution in [0.25, 0.3) is 0 Å². The summed E-state index contributed by atoms with van der Waals surface area (Å²) >= 11 is 0. The molecule has 1 amide bonds. The number of benzene rings is 1. The van der Waals surface area contributed by atoms with Crippen LogP contribution >= 0.6 is 0 Å². The number of carbonyl (C=O) groups excluding carboxylic acids is 1. The second-order valence-corrected chi connectivity index (χ2v) is 4.66. The van der Waals surface area contributed by atoms with Crippen LogP contribution in [0.3, 0.4) is 0 Å². The first-order chi connectivity index (χ1) is 7.97. The van der Waals surface area contributed by atoms with Crippen LogP contribution in [-0.2, 0) is 11.3 Å². The zero-order valence-corrected chi connectivity index (χ0v) is 10.6. The lowest BCUT2D eigenvalue weighted by molar-refractivity contribution is -0.125. The van der Waals surface area contributed by atoms with E-state index in [4.69, 9.17) is 10.5 Å². The van der Waals surface area contributed by atoms with Gasteiger partial charge in [-0.1, -0.05) is 18.2 Å². The summed E-state index contributed by atoms with van der Waals surface area (Å²) in [6, 6.07) is 7.79. The Kier molecular flexibility index (Phi) is 4.52. The first-order valence-electron chi connectivity index (χ1n) is 5.60. The summed E-state index contributed by atoms with van der Waals surface area (Å²) in [7, 11) is 1.65. The Morgan fingerprint density at radius 1 is 1.41 bits per heavy atom. The van der Waals surface area contributed by atoms with Gasteiger partial charge in [0.25, 0.3) is 0 Å². The van der Waals surface area contributed by atoms with Gasteiger partial charge >= 0.3 is 0 Å². The van der Waals surface area contributed by atoms with Crippen LogP contribution in [0, 0.1) is 5.41 Å². The third-order valence-corrected chi connectivity index (χ3v) is 2.74. The van der Waals surface area contributed by atoms with Crippen molar-refractivity contribution in [1.82, 2.24) is 5.32 Å². The monoisotopic (exact) mass is 236 g/mol. The highest BCUT2D eigenvalue weighted by atomic mass is 16.5. The zero-order valence-electron chi connectivity index (χ0n) is 10.6. The Hall–Kier alpha value is -1.55. The molecular formula is C13H20N2O2. The molecule has 1 aromatic rings. The van der Waals surface area contributed by atoms with E-state index >= 15 is 0 Å². The van der Waals surface area contributed by atoms with Crippen molar-refractivity contribution in [3.05, 3.63) is 29.8 Å². The second kappa shape index (κ2) is 5.68. The van der Waals surface area contributed by atoms with Crippen molar-refractivity contribution in [2.45, 2.75) is 20.4 Å². The number of primary amides is 1. The molecule has 4 heteroatoms. The molecule has 3 N–H and O–H groups in total. The van der Waals surface area contributed by atoms with Gasteiger partial charge in [-0.3, -0.25) is 4.79 Å². The highest BCUT2D eigenvalue weighted by Crippen LogP contribution is 2.18. The molecule has 0 aromatic heterocycles. The minimum Gasteiger partial charge on any atom is -0.496 e. The van der Waals surface area contributed by atoms with Gasteiger partial charge in [0.15, 0.2) is 0 Å². The number of carbonyl (C=O) groups is 1. The minimum atomic E-state index is -0.540. The molecule has 0 atom stereocenters. The molecule has 0 spiro atoms. The smallest absolute Gasteiger partial charge is 0.224 e. The van der Waals surface area contributed by atoms with Gasteiger partial charge in [-0.2, -0.15) is 0 Å². The van der Waals surface area contributed by atoms with E-state index < -0.39 is 5.41 Å². The largest absolute Gasteiger partial charge is 0.496 e. The van der Waals surface area contributed by atoms with Gasteiger partial charge in [0.1, 0.15) is 5.75 Å². The molecular weight excluding hydrogens is 216 g/mol. The molecule has 0 aliphatic rings. The van der Waals surface area contributed by atoms with Gasteiger partial charge in [0, 0.05) is 18.7 Å². The molecule has 1 rings (SSSR count). The van der Waals surface area contributed by atoms with Crippen LogP contribution in [-0.4, -0.2) is 19.6 Å². The second-order valence-electron chi connectivity index (χ2n) is 4.66. The van der Waals surface area contributed by atoms with Crippen molar-refractivity contribution < 1.29 is 9.53 Å². The van der Waals surface area contributed by atoms with Crippen molar-refractivity contribution in [3.63, 3.8) is 0 Å². The Morgan fingerprint density at radius 3 is 2.65 bits per heavy atom. The number of amides is 1. The lowest BCUT2D eigenvalue weighted by Crippen LogP contribution is -2.40. The van der Waals surface area contributed by atoms with E-state index in [1.165, 1.54) is 0 Å². The van der Waals surface area contributed by atoms with Crippen molar-refractivity contribution in [2.75, 3.05) is 13.7 Å². The van der Waals surface area contributed by atoms with Crippen molar-refractivity contribution in [1.29, 1.82) is 0 Å². The van der Waals surface area contributed by atoms with Gasteiger partial charge in [0.2, 0.25) is 5.91 Å². The van der Waals surface area contributed by atoms with Crippen LogP contribution in [0.4, 0.5) is 0 Å². The summed E-state index contributed by atoms with van der Waals surface area (Å²) in [4.78, 5) is 11.1. The Labute approximate surface area is 102 Å². The number of rotatable bonds is 6. The van der Waals surface area contributed by atoms with Crippen molar-refractivity contribution in [2.24, 2.45) is 11.1 Å². The van der Waals surface area contributed by atoms with Crippen molar-refractivity contribution in [3.8, 4) is 5.75 Å². The van der Waals surface area contributed by atoms with Crippen LogP contribution < -0.4 is 15.8 Å². The topological polar surface area (TPSA) is 64.3 Å². The molecule has 0 heterocycles. The molecule has 17 heavy (non-hydrogen) atoms. The predicted molar refractivity (Wildman–Crippen MR) is 67.7 cm³/mol. The molecule has 0 radical (unpaired) electrons. The fourth-order valence-corrected chi connectivity index (χ4v) is 1.45. The van der Waals surface area contributed by atoms with Gasteiger partial charge in [-0.15, -0.1) is 0 Å². The quantitative estimate of drug-likeness (QED) is 0.782. The van der Waals surface area contributed by atoms with E-state index in [1.54, 1.807) is 7.11 Å². The normalized spacial score (nSPS) is 11.2. The third kappa shape index (κ3) is 3.75. The standard InChI is InChI=1S/C13H20N2O2/c1-13(2,12(14)16)9-15-8-10-6-4-5-7-11(10)17-3/h4-7,15H,8-9H2,1-3H3,(H2,14,16). The molecule has 94 valence electrons. The maximum atomic E-state index is 11.1. The molecule has 0 bridgehead atoms. The highest BCUT2D eigenvalue weighted by Gasteiger charge is 2.24. The molecule has 1 aromatic carbocycles. The number of para-hydroxylation sites is 1. The van der Waals surface area contributed by atoms with E-state index in [2.05, 4.69) is 5.32 Å². The van der Waals surface area contributed by atoms with Crippen LogP contribution in [0.5, 0.6) is 5.75 Å². The van der Waals surface area contributed by atoms with Crippen molar-refractivity contribution >= 4 is 5.91 Å². The average molecular weight is 236 g/mol. The molecule has 0 saturated carbocycles. The summed E-state index contributed by atoms with van der Waals surface area (Å²) in [5.74, 6) is 0.543. The van der Waals surface area contributed by atoms with E-state index in [1.807, 2.05) is 38.1 Å². The van der Waals surface area contributed by atoms with E-state index in [9.17, 15) is 4.79 Å². The highest BCUT2D eigenvalue weighted by molar-refractivity contribution is 5.80. The van der Waals surface area contributed by atoms with Gasteiger partial charge in [-0.05, 0) is 19.9 Å². The fourth-order valence-electron chi connectivity index (χ4n) is 1.45. The third-order valence-electron chi connectivity index (χ3n) is 2.74. The van der Waals surface area contributed by atoms with Gasteiger partial charge < -0.3 is 15.8 Å². The minimum absolute atomic E-state index is 0.301. The molecule has 0 aliphatic heterocycles. The first kappa shape index (κ1) is 13.5. The number of hydrogen-bond donors (Lipinski definition) is 2. The Balaban J connectivity index is 2.54. The number of nitrogens with two attached hydrogens (primary N) is 1. The number of methoxy groups -OCH3 is 1. The Morgan fingerprint density at radius 2 is 2.06 bits per heavy atom. The number of hydrogen-bond acceptors (Lipinski definition) is 3. The molecule has 0 aliphatic carbocycles. The summed E-state index contributed by atoms with van der Waals surface area (Å²) in [5.41, 5.74) is 5.83. The van der Waals surface area contributed by atoms with Crippen LogP contribution in [0.2, 0.25) is 0 Å². The lowest BCUT2D eigenvalue weighted by atomic mass is 9.93. The van der Waals surface area contributed by atoms with Crippen LogP contribution in [0.15, 0.2) is 24.3 Å². The first-order valence-corrected chi connectivity index (χ1v) is 5.60. The summed E-state index contributed by atoms with van der Waals surface area (Å²) in [6.45, 7) is 4.84. The number of nitrogens with one attached hydrogen (secondary N) is 1. The maximum Gasteiger partial charge on any atom is 0.224 e. The molecule has 4 nitrogen and oxygen atoms in total. The van der Waals surface area contributed by atoms with Crippen LogP contribution in [0.1, 0.15) is 19.4 Å². The summed E-state index contributed by atoms with van der Waals surface area (Å²) < 4.78 is 5.24. The van der Waals surface area contributed by atoms with E-state index in [-0.39, 0.29) is 5.91 Å². The molecule has 0 fully saturated rings. The zero-order chi connectivity index (χ0) is 12.9. The van der Waals surface area contributed by atoms with Gasteiger partial charge in [0.05, 0.1) is 12.5 Å². The molecule has 0 unspecified atom stereocenters. The van der Waals surface area contributed by atoms with E-state index in [0.29, 0.717) is 13.1 Å². The average Bonchev–Trinajstić information content (AvgIpc) is 2.29. The summed E-state index contributed by atoms with van der Waals surface area (Å²) in [5, 5.41) is 3.22. The number of ether oxygens (including phenoxy) is 1. The van der Waals surface area contributed by atoms with E-state index in [0.717, 1.165) is 11.3 Å². The fraction of sp³-hybridized carbons (Fsp3) is 0.462. The maximum absolute atomic E-state index is 11.1. The predicted octanol–water partition coefficient (Wildman–Crippen LogP) is 1.30. The van der Waals surface area contributed by atoms with Gasteiger partial charge in [-0.25, -0.2) is 0 Å². The SMILES string of the molecule is COc1ccccc1CNCC(C)(C)C(N)=O. The molecule has 0 saturated heterocycles.